The van der Waals surface area contributed by atoms with Gasteiger partial charge in [-0.15, -0.1) is 0 Å². The summed E-state index contributed by atoms with van der Waals surface area (Å²) in [5, 5.41) is 4.21. The molecule has 190 valence electrons. The van der Waals surface area contributed by atoms with Crippen LogP contribution in [0.4, 0.5) is 0 Å². The predicted molar refractivity (Wildman–Crippen MR) is 142 cm³/mol. The van der Waals surface area contributed by atoms with E-state index in [1.54, 1.807) is 13.8 Å². The Labute approximate surface area is 212 Å². The highest BCUT2D eigenvalue weighted by Crippen LogP contribution is 2.29. The lowest BCUT2D eigenvalue weighted by Gasteiger charge is -2.17. The van der Waals surface area contributed by atoms with Gasteiger partial charge >= 0.3 is 11.9 Å². The van der Waals surface area contributed by atoms with Crippen LogP contribution >= 0.6 is 0 Å². The molecule has 6 nitrogen and oxygen atoms in total. The number of hydrogen-bond acceptors (Lipinski definition) is 6. The highest BCUT2D eigenvalue weighted by atomic mass is 16.6. The molecule has 2 atom stereocenters. The first-order chi connectivity index (χ1) is 17.2. The lowest BCUT2D eigenvalue weighted by molar-refractivity contribution is -0.146. The van der Waals surface area contributed by atoms with Gasteiger partial charge in [-0.1, -0.05) is 39.1 Å². The van der Waals surface area contributed by atoms with Crippen molar-refractivity contribution in [1.29, 1.82) is 0 Å². The van der Waals surface area contributed by atoms with Crippen LogP contribution < -0.4 is 9.47 Å². The molecule has 0 amide bonds. The summed E-state index contributed by atoms with van der Waals surface area (Å²) < 4.78 is 22.7. The quantitative estimate of drug-likeness (QED) is 0.163. The van der Waals surface area contributed by atoms with Gasteiger partial charge in [-0.2, -0.15) is 0 Å². The first-order valence-electron chi connectivity index (χ1n) is 12.2. The molecule has 3 rings (SSSR count). The fraction of sp³-hybridized carbons (Fsp3) is 0.333. The van der Waals surface area contributed by atoms with Gasteiger partial charge in [0, 0.05) is 11.1 Å². The van der Waals surface area contributed by atoms with Gasteiger partial charge in [-0.25, -0.2) is 9.59 Å². The third-order valence-electron chi connectivity index (χ3n) is 5.77. The van der Waals surface area contributed by atoms with Crippen molar-refractivity contribution in [2.24, 2.45) is 0 Å². The molecule has 0 radical (unpaired) electrons. The van der Waals surface area contributed by atoms with Crippen LogP contribution in [0, 0.1) is 0 Å². The van der Waals surface area contributed by atoms with Crippen molar-refractivity contribution < 1.29 is 28.5 Å². The van der Waals surface area contributed by atoms with Crippen LogP contribution in [0.3, 0.4) is 0 Å². The molecule has 0 aromatic heterocycles. The molecular formula is C30H34O6. The summed E-state index contributed by atoms with van der Waals surface area (Å²) in [4.78, 5) is 23.6. The molecule has 0 aliphatic rings. The molecule has 0 spiro atoms. The van der Waals surface area contributed by atoms with Gasteiger partial charge in [0.1, 0.15) is 36.9 Å². The summed E-state index contributed by atoms with van der Waals surface area (Å²) in [5.74, 6) is 0.578. The minimum absolute atomic E-state index is 0.265. The van der Waals surface area contributed by atoms with E-state index in [2.05, 4.69) is 25.3 Å². The molecule has 3 aromatic carbocycles. The number of hydrogen-bond donors (Lipinski definition) is 0. The number of carbonyl (C=O) groups is 2. The SMILES string of the molecule is C=C(C)C(=O)OC(CC)COc1ccc2cc3ccc(OCC(CC)OC(=O)C(=C)C)cc3cc2c1. The summed E-state index contributed by atoms with van der Waals surface area (Å²) in [6.07, 6.45) is 0.599. The van der Waals surface area contributed by atoms with Crippen LogP contribution in [-0.2, 0) is 19.1 Å². The maximum Gasteiger partial charge on any atom is 0.333 e. The van der Waals surface area contributed by atoms with E-state index in [1.807, 2.05) is 50.2 Å². The smallest absolute Gasteiger partial charge is 0.333 e. The number of ether oxygens (including phenoxy) is 4. The zero-order valence-corrected chi connectivity index (χ0v) is 21.5. The molecule has 0 bridgehead atoms. The van der Waals surface area contributed by atoms with E-state index >= 15 is 0 Å². The van der Waals surface area contributed by atoms with Gasteiger partial charge in [0.25, 0.3) is 0 Å². The Bertz CT molecular complexity index is 1180. The summed E-state index contributed by atoms with van der Waals surface area (Å²) in [6.45, 7) is 14.9. The summed E-state index contributed by atoms with van der Waals surface area (Å²) in [6, 6.07) is 16.0. The standard InChI is InChI=1S/C30H34O6/c1-7-25(35-29(31)19(3)4)17-33-27-11-9-21-13-22-10-12-28(16-24(22)14-23(21)15-27)34-18-26(8-2)36-30(32)20(5)6/h9-16,25-26H,3,5,7-8,17-18H2,1-2,4,6H3. The molecule has 36 heavy (non-hydrogen) atoms. The highest BCUT2D eigenvalue weighted by molar-refractivity contribution is 5.99. The Hall–Kier alpha value is -3.80. The Balaban J connectivity index is 1.72. The van der Waals surface area contributed by atoms with Crippen LogP contribution in [0.5, 0.6) is 11.5 Å². The maximum atomic E-state index is 11.8. The van der Waals surface area contributed by atoms with Crippen LogP contribution in [0.15, 0.2) is 72.8 Å². The maximum absolute atomic E-state index is 11.8. The molecule has 2 unspecified atom stereocenters. The van der Waals surface area contributed by atoms with Crippen LogP contribution in [0.25, 0.3) is 21.5 Å². The van der Waals surface area contributed by atoms with Crippen molar-refractivity contribution in [2.45, 2.75) is 52.7 Å². The van der Waals surface area contributed by atoms with E-state index in [4.69, 9.17) is 18.9 Å². The first-order valence-corrected chi connectivity index (χ1v) is 12.2. The molecule has 0 N–H and O–H groups in total. The van der Waals surface area contributed by atoms with Crippen LogP contribution in [0.2, 0.25) is 0 Å². The van der Waals surface area contributed by atoms with Crippen molar-refractivity contribution in [3.8, 4) is 11.5 Å². The third kappa shape index (κ3) is 7.11. The van der Waals surface area contributed by atoms with Gasteiger partial charge in [0.15, 0.2) is 0 Å². The Morgan fingerprint density at radius 2 is 1.06 bits per heavy atom. The fourth-order valence-electron chi connectivity index (χ4n) is 3.49. The fourth-order valence-corrected chi connectivity index (χ4v) is 3.49. The second-order valence-corrected chi connectivity index (χ2v) is 8.92. The van der Waals surface area contributed by atoms with Gasteiger partial charge in [-0.05, 0) is 84.6 Å². The average molecular weight is 491 g/mol. The van der Waals surface area contributed by atoms with Gasteiger partial charge in [-0.3, -0.25) is 0 Å². The van der Waals surface area contributed by atoms with E-state index in [9.17, 15) is 9.59 Å². The number of esters is 2. The molecule has 0 aliphatic heterocycles. The third-order valence-corrected chi connectivity index (χ3v) is 5.77. The topological polar surface area (TPSA) is 71.1 Å². The van der Waals surface area contributed by atoms with Crippen molar-refractivity contribution in [1.82, 2.24) is 0 Å². The first kappa shape index (κ1) is 26.8. The van der Waals surface area contributed by atoms with Crippen molar-refractivity contribution in [3.63, 3.8) is 0 Å². The van der Waals surface area contributed by atoms with Crippen molar-refractivity contribution in [3.05, 3.63) is 72.8 Å². The molecule has 3 aromatic rings. The molecule has 0 aliphatic carbocycles. The van der Waals surface area contributed by atoms with Crippen molar-refractivity contribution in [2.75, 3.05) is 13.2 Å². The molecular weight excluding hydrogens is 456 g/mol. The number of carbonyl (C=O) groups excluding carboxylic acids is 2. The van der Waals surface area contributed by atoms with E-state index in [1.165, 1.54) is 0 Å². The average Bonchev–Trinajstić information content (AvgIpc) is 2.86. The van der Waals surface area contributed by atoms with E-state index in [0.717, 1.165) is 21.5 Å². The zero-order valence-electron chi connectivity index (χ0n) is 21.5. The second kappa shape index (κ2) is 12.2. The Morgan fingerprint density at radius 1 is 0.667 bits per heavy atom. The zero-order chi connectivity index (χ0) is 26.2. The molecule has 0 fully saturated rings. The second-order valence-electron chi connectivity index (χ2n) is 8.92. The lowest BCUT2D eigenvalue weighted by Crippen LogP contribution is -2.24. The Morgan fingerprint density at radius 3 is 1.42 bits per heavy atom. The van der Waals surface area contributed by atoms with Gasteiger partial charge in [0.05, 0.1) is 0 Å². The number of fused-ring (bicyclic) bond motifs is 2. The van der Waals surface area contributed by atoms with Gasteiger partial charge in [0.2, 0.25) is 0 Å². The minimum Gasteiger partial charge on any atom is -0.490 e. The Kier molecular flexibility index (Phi) is 9.12. The molecule has 0 saturated heterocycles. The lowest BCUT2D eigenvalue weighted by atomic mass is 10.0. The molecule has 0 heterocycles. The highest BCUT2D eigenvalue weighted by Gasteiger charge is 2.15. The molecule has 0 saturated carbocycles. The van der Waals surface area contributed by atoms with Crippen LogP contribution in [-0.4, -0.2) is 37.4 Å². The normalized spacial score (nSPS) is 12.6. The van der Waals surface area contributed by atoms with Crippen LogP contribution in [0.1, 0.15) is 40.5 Å². The minimum atomic E-state index is -0.410. The summed E-state index contributed by atoms with van der Waals surface area (Å²) in [7, 11) is 0. The van der Waals surface area contributed by atoms with Gasteiger partial charge < -0.3 is 18.9 Å². The van der Waals surface area contributed by atoms with E-state index in [0.29, 0.717) is 35.5 Å². The van der Waals surface area contributed by atoms with E-state index < -0.39 is 11.9 Å². The summed E-state index contributed by atoms with van der Waals surface area (Å²) in [5.41, 5.74) is 0.736. The monoisotopic (exact) mass is 490 g/mol. The van der Waals surface area contributed by atoms with Crippen molar-refractivity contribution >= 4 is 33.5 Å². The largest absolute Gasteiger partial charge is 0.490 e. The number of rotatable bonds is 12. The molecule has 6 heteroatoms. The predicted octanol–water partition coefficient (Wildman–Crippen LogP) is 6.55. The summed E-state index contributed by atoms with van der Waals surface area (Å²) >= 11 is 0. The van der Waals surface area contributed by atoms with E-state index in [-0.39, 0.29) is 25.4 Å². The number of benzene rings is 3.